The number of ether oxygens (including phenoxy) is 1. The molecule has 194 valence electrons. The number of rotatable bonds is 7. The van der Waals surface area contributed by atoms with Crippen molar-refractivity contribution >= 4 is 44.1 Å². The minimum Gasteiger partial charge on any atom is -0.508 e. The average molecular weight is 529 g/mol. The van der Waals surface area contributed by atoms with Crippen molar-refractivity contribution in [3.05, 3.63) is 88.5 Å². The van der Waals surface area contributed by atoms with Gasteiger partial charge in [-0.3, -0.25) is 14.5 Å². The van der Waals surface area contributed by atoms with Gasteiger partial charge in [0, 0.05) is 5.56 Å². The van der Waals surface area contributed by atoms with Crippen LogP contribution < -0.4 is 9.64 Å². The Morgan fingerprint density at radius 3 is 2.58 bits per heavy atom. The zero-order valence-electron chi connectivity index (χ0n) is 21.4. The van der Waals surface area contributed by atoms with Gasteiger partial charge in [0.2, 0.25) is 0 Å². The summed E-state index contributed by atoms with van der Waals surface area (Å²) in [5.74, 6) is -1.25. The van der Waals surface area contributed by atoms with E-state index in [0.29, 0.717) is 28.6 Å². The van der Waals surface area contributed by atoms with Crippen LogP contribution in [-0.2, 0) is 9.59 Å². The third-order valence-electron chi connectivity index (χ3n) is 6.55. The highest BCUT2D eigenvalue weighted by molar-refractivity contribution is 7.22. The van der Waals surface area contributed by atoms with Crippen molar-refractivity contribution in [3.8, 4) is 11.5 Å². The van der Waals surface area contributed by atoms with Gasteiger partial charge in [-0.1, -0.05) is 55.0 Å². The summed E-state index contributed by atoms with van der Waals surface area (Å²) < 4.78 is 6.69. The number of aromatic nitrogens is 1. The van der Waals surface area contributed by atoms with E-state index in [1.807, 2.05) is 26.0 Å². The van der Waals surface area contributed by atoms with E-state index < -0.39 is 17.7 Å². The number of carbonyl (C=O) groups excluding carboxylic acids is 2. The van der Waals surface area contributed by atoms with Crippen LogP contribution in [0.1, 0.15) is 48.1 Å². The molecular formula is C30H28N2O5S. The highest BCUT2D eigenvalue weighted by atomic mass is 32.1. The number of aromatic hydroxyl groups is 1. The number of aliphatic hydroxyl groups is 1. The lowest BCUT2D eigenvalue weighted by atomic mass is 9.95. The van der Waals surface area contributed by atoms with Gasteiger partial charge in [0.05, 0.1) is 28.4 Å². The Labute approximate surface area is 224 Å². The summed E-state index contributed by atoms with van der Waals surface area (Å²) in [5, 5.41) is 21.7. The number of hydrogen-bond donors (Lipinski definition) is 2. The summed E-state index contributed by atoms with van der Waals surface area (Å²) >= 11 is 1.32. The average Bonchev–Trinajstić information content (AvgIpc) is 3.43. The lowest BCUT2D eigenvalue weighted by Gasteiger charge is -2.23. The standard InChI is InChI=1S/C30H28N2O5S/c1-4-5-13-37-22-8-6-7-20(16-22)27(34)24-26(19-9-11-21(33)12-10-19)32(29(36)28(24)35)30-31-25-18(3)14-17(2)15-23(25)38-30/h6-12,14-16,26,33-34H,4-5,13H2,1-3H3. The highest BCUT2D eigenvalue weighted by Crippen LogP contribution is 2.45. The molecule has 1 aliphatic rings. The Bertz CT molecular complexity index is 1570. The van der Waals surface area contributed by atoms with Crippen molar-refractivity contribution < 1.29 is 24.5 Å². The maximum Gasteiger partial charge on any atom is 0.301 e. The number of amides is 1. The molecule has 1 fully saturated rings. The van der Waals surface area contributed by atoms with Crippen LogP contribution in [-0.4, -0.2) is 33.5 Å². The number of aryl methyl sites for hydroxylation is 2. The number of ketones is 1. The molecule has 2 heterocycles. The first-order chi connectivity index (χ1) is 18.3. The first kappa shape index (κ1) is 25.5. The lowest BCUT2D eigenvalue weighted by Crippen LogP contribution is -2.29. The van der Waals surface area contributed by atoms with Gasteiger partial charge < -0.3 is 14.9 Å². The van der Waals surface area contributed by atoms with Crippen LogP contribution in [0, 0.1) is 13.8 Å². The number of Topliss-reactive ketones (excluding diaryl/α,β-unsaturated/α-hetero) is 1. The fraction of sp³-hybridized carbons (Fsp3) is 0.233. The van der Waals surface area contributed by atoms with E-state index in [2.05, 4.69) is 6.92 Å². The van der Waals surface area contributed by atoms with Crippen molar-refractivity contribution in [1.29, 1.82) is 0 Å². The van der Waals surface area contributed by atoms with Crippen LogP contribution in [0.2, 0.25) is 0 Å². The van der Waals surface area contributed by atoms with E-state index in [1.54, 1.807) is 36.4 Å². The second-order valence-electron chi connectivity index (χ2n) is 9.42. The Morgan fingerprint density at radius 2 is 1.84 bits per heavy atom. The molecule has 1 atom stereocenters. The van der Waals surface area contributed by atoms with Crippen LogP contribution in [0.25, 0.3) is 16.0 Å². The molecule has 0 spiro atoms. The van der Waals surface area contributed by atoms with Crippen LogP contribution in [0.15, 0.2) is 66.2 Å². The summed E-state index contributed by atoms with van der Waals surface area (Å²) in [6.45, 7) is 6.56. The van der Waals surface area contributed by atoms with E-state index in [4.69, 9.17) is 9.72 Å². The van der Waals surface area contributed by atoms with E-state index >= 15 is 0 Å². The van der Waals surface area contributed by atoms with Crippen LogP contribution >= 0.6 is 11.3 Å². The Hall–Kier alpha value is -4.17. The molecule has 5 rings (SSSR count). The maximum absolute atomic E-state index is 13.5. The fourth-order valence-corrected chi connectivity index (χ4v) is 5.86. The summed E-state index contributed by atoms with van der Waals surface area (Å²) in [5.41, 5.74) is 3.70. The first-order valence-corrected chi connectivity index (χ1v) is 13.3. The van der Waals surface area contributed by atoms with E-state index in [9.17, 15) is 19.8 Å². The smallest absolute Gasteiger partial charge is 0.301 e. The van der Waals surface area contributed by atoms with Crippen molar-refractivity contribution in [3.63, 3.8) is 0 Å². The lowest BCUT2D eigenvalue weighted by molar-refractivity contribution is -0.132. The Kier molecular flexibility index (Phi) is 6.91. The van der Waals surface area contributed by atoms with Gasteiger partial charge >= 0.3 is 5.91 Å². The number of aliphatic hydroxyl groups excluding tert-OH is 1. The zero-order valence-corrected chi connectivity index (χ0v) is 22.2. The molecule has 0 radical (unpaired) electrons. The number of unbranched alkanes of at least 4 members (excludes halogenated alkanes) is 1. The van der Waals surface area contributed by atoms with Crippen molar-refractivity contribution in [2.75, 3.05) is 11.5 Å². The minimum atomic E-state index is -0.928. The highest BCUT2D eigenvalue weighted by Gasteiger charge is 2.48. The molecule has 1 amide bonds. The molecule has 0 bridgehead atoms. The van der Waals surface area contributed by atoms with Gasteiger partial charge in [0.1, 0.15) is 17.3 Å². The van der Waals surface area contributed by atoms with Gasteiger partial charge in [0.25, 0.3) is 5.78 Å². The molecular weight excluding hydrogens is 500 g/mol. The molecule has 7 nitrogen and oxygen atoms in total. The molecule has 2 N–H and O–H groups in total. The number of hydrogen-bond acceptors (Lipinski definition) is 7. The predicted octanol–water partition coefficient (Wildman–Crippen LogP) is 6.42. The number of phenolic OH excluding ortho intramolecular Hbond substituents is 1. The Balaban J connectivity index is 1.66. The quantitative estimate of drug-likeness (QED) is 0.124. The number of thiazole rings is 1. The van der Waals surface area contributed by atoms with Crippen molar-refractivity contribution in [1.82, 2.24) is 4.98 Å². The van der Waals surface area contributed by atoms with Crippen LogP contribution in [0.4, 0.5) is 5.13 Å². The monoisotopic (exact) mass is 528 g/mol. The third kappa shape index (κ3) is 4.63. The third-order valence-corrected chi connectivity index (χ3v) is 7.55. The number of benzene rings is 3. The molecule has 0 saturated carbocycles. The molecule has 3 aromatic carbocycles. The largest absolute Gasteiger partial charge is 0.508 e. The summed E-state index contributed by atoms with van der Waals surface area (Å²) in [7, 11) is 0. The molecule has 1 aliphatic heterocycles. The summed E-state index contributed by atoms with van der Waals surface area (Å²) in [4.78, 5) is 33.1. The second-order valence-corrected chi connectivity index (χ2v) is 10.4. The van der Waals surface area contributed by atoms with Crippen molar-refractivity contribution in [2.45, 2.75) is 39.7 Å². The van der Waals surface area contributed by atoms with E-state index in [0.717, 1.165) is 34.2 Å². The zero-order chi connectivity index (χ0) is 27.0. The van der Waals surface area contributed by atoms with Gasteiger partial charge in [-0.15, -0.1) is 0 Å². The van der Waals surface area contributed by atoms with Crippen LogP contribution in [0.5, 0.6) is 11.5 Å². The molecule has 38 heavy (non-hydrogen) atoms. The van der Waals surface area contributed by atoms with E-state index in [1.165, 1.54) is 28.4 Å². The summed E-state index contributed by atoms with van der Waals surface area (Å²) in [6, 6.07) is 16.2. The molecule has 4 aromatic rings. The molecule has 1 saturated heterocycles. The normalized spacial score (nSPS) is 16.9. The minimum absolute atomic E-state index is 0.0430. The van der Waals surface area contributed by atoms with Gasteiger partial charge in [-0.05, 0) is 67.3 Å². The maximum atomic E-state index is 13.5. The molecule has 1 aromatic heterocycles. The van der Waals surface area contributed by atoms with Gasteiger partial charge in [-0.25, -0.2) is 4.98 Å². The second kappa shape index (κ2) is 10.3. The van der Waals surface area contributed by atoms with Gasteiger partial charge in [0.15, 0.2) is 5.13 Å². The summed E-state index contributed by atoms with van der Waals surface area (Å²) in [6.07, 6.45) is 1.88. The molecule has 1 unspecified atom stereocenters. The number of carbonyl (C=O) groups is 2. The predicted molar refractivity (Wildman–Crippen MR) is 149 cm³/mol. The topological polar surface area (TPSA) is 100.0 Å². The fourth-order valence-electron chi connectivity index (χ4n) is 4.69. The number of fused-ring (bicyclic) bond motifs is 1. The number of phenols is 1. The SMILES string of the molecule is CCCCOc1cccc(C(O)=C2C(=O)C(=O)N(c3nc4c(C)cc(C)cc4s3)C2c2ccc(O)cc2)c1. The van der Waals surface area contributed by atoms with Crippen LogP contribution in [0.3, 0.4) is 0 Å². The van der Waals surface area contributed by atoms with Crippen molar-refractivity contribution in [2.24, 2.45) is 0 Å². The number of anilines is 1. The number of nitrogens with zero attached hydrogens (tertiary/aromatic N) is 2. The molecule has 0 aliphatic carbocycles. The van der Waals surface area contributed by atoms with E-state index in [-0.39, 0.29) is 17.1 Å². The Morgan fingerprint density at radius 1 is 1.08 bits per heavy atom. The first-order valence-electron chi connectivity index (χ1n) is 12.5. The molecule has 8 heteroatoms. The van der Waals surface area contributed by atoms with Gasteiger partial charge in [-0.2, -0.15) is 0 Å².